The summed E-state index contributed by atoms with van der Waals surface area (Å²) >= 11 is 0. The van der Waals surface area contributed by atoms with Gasteiger partial charge in [0.2, 0.25) is 0 Å². The van der Waals surface area contributed by atoms with Crippen LogP contribution in [0.3, 0.4) is 0 Å². The fourth-order valence-corrected chi connectivity index (χ4v) is 2.12. The van der Waals surface area contributed by atoms with Gasteiger partial charge in [-0.2, -0.15) is 0 Å². The van der Waals surface area contributed by atoms with E-state index in [0.29, 0.717) is 19.4 Å². The molecule has 0 radical (unpaired) electrons. The third kappa shape index (κ3) is 4.36. The number of hydrogen-bond acceptors (Lipinski definition) is 4. The number of nitrogens with zero attached hydrogens (tertiary/aromatic N) is 5. The molecule has 0 saturated carbocycles. The summed E-state index contributed by atoms with van der Waals surface area (Å²) in [6.45, 7) is 0.533. The van der Waals surface area contributed by atoms with Gasteiger partial charge >= 0.3 is 5.97 Å². The summed E-state index contributed by atoms with van der Waals surface area (Å²) in [7, 11) is 1.38. The van der Waals surface area contributed by atoms with E-state index in [1.165, 1.54) is 7.11 Å². The first-order valence-electron chi connectivity index (χ1n) is 6.88. The van der Waals surface area contributed by atoms with Crippen LogP contribution in [0, 0.1) is 0 Å². The van der Waals surface area contributed by atoms with Crippen LogP contribution in [0.5, 0.6) is 0 Å². The van der Waals surface area contributed by atoms with Crippen LogP contribution in [0.15, 0.2) is 48.1 Å². The summed E-state index contributed by atoms with van der Waals surface area (Å²) in [5, 5.41) is 3.84. The van der Waals surface area contributed by atoms with Crippen molar-refractivity contribution in [3.8, 4) is 0 Å². The molecule has 1 atom stereocenters. The zero-order valence-electron chi connectivity index (χ0n) is 12.3. The van der Waals surface area contributed by atoms with Crippen molar-refractivity contribution >= 4 is 5.97 Å². The number of azide groups is 1. The SMILES string of the molecule is COC(=O)CCc1ccc(C(Cn2ccnc2)N=[N+]=[N-])cc1. The number of benzene rings is 1. The van der Waals surface area contributed by atoms with Crippen molar-refractivity contribution in [1.82, 2.24) is 9.55 Å². The van der Waals surface area contributed by atoms with Gasteiger partial charge in [0.25, 0.3) is 0 Å². The van der Waals surface area contributed by atoms with E-state index in [1.807, 2.05) is 35.0 Å². The van der Waals surface area contributed by atoms with E-state index in [2.05, 4.69) is 19.7 Å². The minimum Gasteiger partial charge on any atom is -0.469 e. The largest absolute Gasteiger partial charge is 0.469 e. The van der Waals surface area contributed by atoms with Gasteiger partial charge < -0.3 is 9.30 Å². The molecule has 2 aromatic rings. The highest BCUT2D eigenvalue weighted by atomic mass is 16.5. The van der Waals surface area contributed by atoms with Gasteiger partial charge in [-0.05, 0) is 23.1 Å². The van der Waals surface area contributed by atoms with Gasteiger partial charge in [-0.25, -0.2) is 4.98 Å². The molecule has 7 nitrogen and oxygen atoms in total. The van der Waals surface area contributed by atoms with Crippen molar-refractivity contribution in [2.75, 3.05) is 7.11 Å². The highest BCUT2D eigenvalue weighted by molar-refractivity contribution is 5.69. The molecular formula is C15H17N5O2. The summed E-state index contributed by atoms with van der Waals surface area (Å²) in [4.78, 5) is 18.0. The number of methoxy groups -OCH3 is 1. The normalized spacial score (nSPS) is 11.5. The van der Waals surface area contributed by atoms with E-state index in [1.54, 1.807) is 12.5 Å². The highest BCUT2D eigenvalue weighted by Gasteiger charge is 2.10. The van der Waals surface area contributed by atoms with Crippen molar-refractivity contribution in [2.45, 2.75) is 25.4 Å². The van der Waals surface area contributed by atoms with Gasteiger partial charge in [0, 0.05) is 30.3 Å². The van der Waals surface area contributed by atoms with Crippen molar-refractivity contribution < 1.29 is 9.53 Å². The van der Waals surface area contributed by atoms with Gasteiger partial charge in [0.1, 0.15) is 0 Å². The van der Waals surface area contributed by atoms with Crippen LogP contribution >= 0.6 is 0 Å². The van der Waals surface area contributed by atoms with E-state index >= 15 is 0 Å². The van der Waals surface area contributed by atoms with Crippen molar-refractivity contribution in [3.05, 3.63) is 64.6 Å². The number of imidazole rings is 1. The number of rotatable bonds is 7. The molecule has 0 amide bonds. The average molecular weight is 299 g/mol. The fourth-order valence-electron chi connectivity index (χ4n) is 2.12. The maximum Gasteiger partial charge on any atom is 0.305 e. The minimum atomic E-state index is -0.297. The van der Waals surface area contributed by atoms with E-state index < -0.39 is 0 Å². The molecule has 0 spiro atoms. The van der Waals surface area contributed by atoms with Crippen LogP contribution in [-0.2, 0) is 22.5 Å². The second-order valence-electron chi connectivity index (χ2n) is 4.80. The highest BCUT2D eigenvalue weighted by Crippen LogP contribution is 2.21. The Morgan fingerprint density at radius 3 is 2.82 bits per heavy atom. The van der Waals surface area contributed by atoms with E-state index in [9.17, 15) is 4.79 Å². The van der Waals surface area contributed by atoms with Crippen LogP contribution in [0.4, 0.5) is 0 Å². The Labute approximate surface area is 128 Å². The Morgan fingerprint density at radius 2 is 2.23 bits per heavy atom. The second kappa shape index (κ2) is 7.85. The molecule has 0 aliphatic rings. The minimum absolute atomic E-state index is 0.226. The smallest absolute Gasteiger partial charge is 0.305 e. The Hall–Kier alpha value is -2.79. The maximum atomic E-state index is 11.1. The number of carbonyl (C=O) groups excluding carboxylic acids is 1. The van der Waals surface area contributed by atoms with Crippen LogP contribution in [-0.4, -0.2) is 22.6 Å². The molecule has 1 unspecified atom stereocenters. The van der Waals surface area contributed by atoms with Gasteiger partial charge in [0.05, 0.1) is 19.5 Å². The Bertz CT molecular complexity index is 645. The monoisotopic (exact) mass is 299 g/mol. The molecular weight excluding hydrogens is 282 g/mol. The van der Waals surface area contributed by atoms with Crippen LogP contribution in [0.1, 0.15) is 23.6 Å². The zero-order valence-corrected chi connectivity index (χ0v) is 12.3. The predicted molar refractivity (Wildman–Crippen MR) is 80.9 cm³/mol. The lowest BCUT2D eigenvalue weighted by Crippen LogP contribution is -2.06. The van der Waals surface area contributed by atoms with Crippen LogP contribution in [0.2, 0.25) is 0 Å². The second-order valence-corrected chi connectivity index (χ2v) is 4.80. The zero-order chi connectivity index (χ0) is 15.8. The summed E-state index contributed by atoms with van der Waals surface area (Å²) in [6, 6.07) is 7.41. The summed E-state index contributed by atoms with van der Waals surface area (Å²) in [6.07, 6.45) is 6.17. The summed E-state index contributed by atoms with van der Waals surface area (Å²) in [5.41, 5.74) is 10.7. The van der Waals surface area contributed by atoms with Crippen molar-refractivity contribution in [2.24, 2.45) is 5.11 Å². The standard InChI is InChI=1S/C15H17N5O2/c1-22-15(21)7-4-12-2-5-13(6-3-12)14(18-19-16)10-20-9-8-17-11-20/h2-3,5-6,8-9,11,14H,4,7,10H2,1H3. The van der Waals surface area contributed by atoms with Crippen molar-refractivity contribution in [1.29, 1.82) is 0 Å². The molecule has 0 fully saturated rings. The molecule has 114 valence electrons. The third-order valence-corrected chi connectivity index (χ3v) is 3.34. The molecule has 0 N–H and O–H groups in total. The topological polar surface area (TPSA) is 92.9 Å². The van der Waals surface area contributed by atoms with E-state index in [0.717, 1.165) is 11.1 Å². The van der Waals surface area contributed by atoms with E-state index in [4.69, 9.17) is 5.53 Å². The number of esters is 1. The Morgan fingerprint density at radius 1 is 1.45 bits per heavy atom. The van der Waals surface area contributed by atoms with Gasteiger partial charge in [-0.15, -0.1) is 0 Å². The van der Waals surface area contributed by atoms with Gasteiger partial charge in [-0.1, -0.05) is 29.4 Å². The molecule has 22 heavy (non-hydrogen) atoms. The number of aryl methyl sites for hydroxylation is 1. The molecule has 0 aliphatic carbocycles. The third-order valence-electron chi connectivity index (χ3n) is 3.34. The summed E-state index contributed by atoms with van der Waals surface area (Å²) in [5.74, 6) is -0.226. The number of ether oxygens (including phenoxy) is 1. The first-order chi connectivity index (χ1) is 10.7. The molecule has 7 heteroatoms. The lowest BCUT2D eigenvalue weighted by Gasteiger charge is -2.13. The van der Waals surface area contributed by atoms with E-state index in [-0.39, 0.29) is 12.0 Å². The molecule has 0 bridgehead atoms. The molecule has 1 aromatic carbocycles. The molecule has 0 aliphatic heterocycles. The van der Waals surface area contributed by atoms with Crippen molar-refractivity contribution in [3.63, 3.8) is 0 Å². The molecule has 2 rings (SSSR count). The fraction of sp³-hybridized carbons (Fsp3) is 0.333. The molecule has 1 aromatic heterocycles. The Kier molecular flexibility index (Phi) is 5.57. The first kappa shape index (κ1) is 15.6. The molecule has 0 saturated heterocycles. The summed E-state index contributed by atoms with van der Waals surface area (Å²) < 4.78 is 6.49. The van der Waals surface area contributed by atoms with Gasteiger partial charge in [-0.3, -0.25) is 4.79 Å². The van der Waals surface area contributed by atoms with Crippen LogP contribution < -0.4 is 0 Å². The quantitative estimate of drug-likeness (QED) is 0.340. The lowest BCUT2D eigenvalue weighted by molar-refractivity contribution is -0.140. The van der Waals surface area contributed by atoms with Crippen LogP contribution in [0.25, 0.3) is 10.4 Å². The number of aromatic nitrogens is 2. The number of hydrogen-bond donors (Lipinski definition) is 0. The number of carbonyl (C=O) groups is 1. The predicted octanol–water partition coefficient (Wildman–Crippen LogP) is 3.04. The lowest BCUT2D eigenvalue weighted by atomic mass is 10.0. The Balaban J connectivity index is 2.05. The average Bonchev–Trinajstić information content (AvgIpc) is 3.06. The van der Waals surface area contributed by atoms with Gasteiger partial charge in [0.15, 0.2) is 0 Å². The molecule has 1 heterocycles. The first-order valence-corrected chi connectivity index (χ1v) is 6.88. The maximum absolute atomic E-state index is 11.1.